The van der Waals surface area contributed by atoms with Crippen molar-refractivity contribution in [2.75, 3.05) is 4.90 Å². The van der Waals surface area contributed by atoms with Crippen molar-refractivity contribution in [3.8, 4) is 22.3 Å². The summed E-state index contributed by atoms with van der Waals surface area (Å²) in [5.74, 6) is 0. The molecule has 7 aromatic carbocycles. The highest BCUT2D eigenvalue weighted by Crippen LogP contribution is 2.60. The second-order valence-corrected chi connectivity index (χ2v) is 17.0. The Hall–Kier alpha value is -5.60. The Labute approximate surface area is 306 Å². The standard InChI is InChI=1S/C50H43NO/c1-48(2,3)40-21-13-19-36-37-20-14-22-42(47(37)52-46(36)40)51(31-16-9-8-10-17-31)32-24-25-34-35-26-27-38-43-33-18-12-11-15-30(33)23-28-39(43)49(4,5)45(38)44(35)50(6,7)41(34)29-32/h8-29H,1-7H3. The van der Waals surface area contributed by atoms with Gasteiger partial charge < -0.3 is 9.32 Å². The van der Waals surface area contributed by atoms with Crippen LogP contribution in [-0.2, 0) is 16.2 Å². The van der Waals surface area contributed by atoms with Crippen molar-refractivity contribution < 1.29 is 4.42 Å². The van der Waals surface area contributed by atoms with E-state index in [0.29, 0.717) is 0 Å². The highest BCUT2D eigenvalue weighted by molar-refractivity contribution is 6.11. The maximum absolute atomic E-state index is 6.94. The number of hydrogen-bond donors (Lipinski definition) is 0. The minimum atomic E-state index is -0.212. The molecule has 10 rings (SSSR count). The number of rotatable bonds is 3. The second-order valence-electron chi connectivity index (χ2n) is 17.0. The molecule has 0 amide bonds. The van der Waals surface area contributed by atoms with Crippen LogP contribution in [0.15, 0.2) is 138 Å². The van der Waals surface area contributed by atoms with Crippen molar-refractivity contribution in [1.29, 1.82) is 0 Å². The third kappa shape index (κ3) is 4.12. The molecule has 0 fully saturated rings. The number of para-hydroxylation sites is 3. The van der Waals surface area contributed by atoms with Crippen LogP contribution in [0.25, 0.3) is 55.0 Å². The van der Waals surface area contributed by atoms with Crippen LogP contribution in [0.4, 0.5) is 17.1 Å². The molecule has 254 valence electrons. The van der Waals surface area contributed by atoms with Gasteiger partial charge in [-0.2, -0.15) is 0 Å². The minimum Gasteiger partial charge on any atom is -0.454 e. The van der Waals surface area contributed by atoms with Crippen LogP contribution >= 0.6 is 0 Å². The predicted molar refractivity (Wildman–Crippen MR) is 220 cm³/mol. The maximum Gasteiger partial charge on any atom is 0.159 e. The smallest absolute Gasteiger partial charge is 0.159 e. The van der Waals surface area contributed by atoms with E-state index in [2.05, 4.69) is 187 Å². The van der Waals surface area contributed by atoms with Gasteiger partial charge in [-0.15, -0.1) is 0 Å². The molecule has 0 bridgehead atoms. The Morgan fingerprint density at radius 2 is 1.13 bits per heavy atom. The van der Waals surface area contributed by atoms with Crippen LogP contribution in [0.2, 0.25) is 0 Å². The van der Waals surface area contributed by atoms with Gasteiger partial charge in [-0.25, -0.2) is 0 Å². The molecule has 2 heteroatoms. The van der Waals surface area contributed by atoms with Crippen LogP contribution in [0, 0.1) is 0 Å². The van der Waals surface area contributed by atoms with Gasteiger partial charge in [0.15, 0.2) is 5.58 Å². The van der Waals surface area contributed by atoms with Gasteiger partial charge in [-0.05, 0) is 91.0 Å². The van der Waals surface area contributed by atoms with Crippen molar-refractivity contribution in [3.05, 3.63) is 161 Å². The van der Waals surface area contributed by atoms with E-state index in [1.165, 1.54) is 60.8 Å². The quantitative estimate of drug-likeness (QED) is 0.186. The van der Waals surface area contributed by atoms with Crippen molar-refractivity contribution in [3.63, 3.8) is 0 Å². The molecule has 8 aromatic rings. The third-order valence-corrected chi connectivity index (χ3v) is 12.1. The first-order valence-electron chi connectivity index (χ1n) is 18.6. The van der Waals surface area contributed by atoms with Crippen molar-refractivity contribution in [1.82, 2.24) is 0 Å². The molecule has 0 saturated carbocycles. The lowest BCUT2D eigenvalue weighted by molar-refractivity contribution is 0.573. The number of nitrogens with zero attached hydrogens (tertiary/aromatic N) is 1. The van der Waals surface area contributed by atoms with Crippen LogP contribution in [0.3, 0.4) is 0 Å². The molecule has 0 saturated heterocycles. The SMILES string of the molecule is CC(C)(C)c1cccc2c1oc1c(N(c3ccccc3)c3ccc4c(c3)C(C)(C)c3c-4ccc4c3C(C)(C)c3ccc5ccccc5c3-4)cccc12. The van der Waals surface area contributed by atoms with Gasteiger partial charge in [0.2, 0.25) is 0 Å². The molecule has 0 radical (unpaired) electrons. The molecule has 1 aromatic heterocycles. The first-order valence-corrected chi connectivity index (χ1v) is 18.6. The first kappa shape index (κ1) is 31.2. The highest BCUT2D eigenvalue weighted by Gasteiger charge is 2.46. The number of furan rings is 1. The van der Waals surface area contributed by atoms with Crippen molar-refractivity contribution in [2.24, 2.45) is 0 Å². The third-order valence-electron chi connectivity index (χ3n) is 12.1. The van der Waals surface area contributed by atoms with E-state index in [-0.39, 0.29) is 16.2 Å². The normalized spacial score (nSPS) is 15.1. The fourth-order valence-corrected chi connectivity index (χ4v) is 9.69. The first-order chi connectivity index (χ1) is 25.0. The Bertz CT molecular complexity index is 2770. The van der Waals surface area contributed by atoms with Gasteiger partial charge >= 0.3 is 0 Å². The van der Waals surface area contributed by atoms with Gasteiger partial charge in [0.25, 0.3) is 0 Å². The summed E-state index contributed by atoms with van der Waals surface area (Å²) in [6.07, 6.45) is 0. The van der Waals surface area contributed by atoms with Gasteiger partial charge in [0, 0.05) is 38.5 Å². The summed E-state index contributed by atoms with van der Waals surface area (Å²) in [7, 11) is 0. The molecule has 1 heterocycles. The van der Waals surface area contributed by atoms with Crippen LogP contribution in [-0.4, -0.2) is 0 Å². The molecule has 0 N–H and O–H groups in total. The fourth-order valence-electron chi connectivity index (χ4n) is 9.69. The topological polar surface area (TPSA) is 16.4 Å². The molecular formula is C50H43NO. The maximum atomic E-state index is 6.94. The molecule has 0 spiro atoms. The Morgan fingerprint density at radius 3 is 1.92 bits per heavy atom. The van der Waals surface area contributed by atoms with Crippen LogP contribution < -0.4 is 4.90 Å². The monoisotopic (exact) mass is 673 g/mol. The largest absolute Gasteiger partial charge is 0.454 e. The number of benzene rings is 7. The summed E-state index contributed by atoms with van der Waals surface area (Å²) < 4.78 is 6.94. The summed E-state index contributed by atoms with van der Waals surface area (Å²) in [6, 6.07) is 49.3. The zero-order valence-electron chi connectivity index (χ0n) is 31.1. The second kappa shape index (κ2) is 10.5. The molecule has 0 aliphatic heterocycles. The van der Waals surface area contributed by atoms with Gasteiger partial charge in [-0.1, -0.05) is 152 Å². The zero-order valence-corrected chi connectivity index (χ0v) is 31.1. The molecule has 2 aliphatic rings. The lowest BCUT2D eigenvalue weighted by Gasteiger charge is -2.31. The average molecular weight is 674 g/mol. The van der Waals surface area contributed by atoms with E-state index in [4.69, 9.17) is 4.42 Å². The number of fused-ring (bicyclic) bond motifs is 12. The molecular weight excluding hydrogens is 631 g/mol. The molecule has 2 aliphatic carbocycles. The van der Waals surface area contributed by atoms with Crippen molar-refractivity contribution >= 4 is 49.8 Å². The fraction of sp³-hybridized carbons (Fsp3) is 0.200. The van der Waals surface area contributed by atoms with E-state index in [9.17, 15) is 0 Å². The van der Waals surface area contributed by atoms with E-state index in [1.807, 2.05) is 0 Å². The number of hydrogen-bond acceptors (Lipinski definition) is 2. The Balaban J connectivity index is 1.18. The Kier molecular flexibility index (Phi) is 6.28. The Morgan fingerprint density at radius 1 is 0.500 bits per heavy atom. The van der Waals surface area contributed by atoms with Gasteiger partial charge in [0.1, 0.15) is 5.58 Å². The van der Waals surface area contributed by atoms with Crippen LogP contribution in [0.5, 0.6) is 0 Å². The number of anilines is 3. The van der Waals surface area contributed by atoms with E-state index >= 15 is 0 Å². The molecule has 2 nitrogen and oxygen atoms in total. The van der Waals surface area contributed by atoms with E-state index < -0.39 is 0 Å². The lowest BCUT2D eigenvalue weighted by Crippen LogP contribution is -2.24. The van der Waals surface area contributed by atoms with E-state index in [1.54, 1.807) is 0 Å². The molecule has 0 unspecified atom stereocenters. The molecule has 0 atom stereocenters. The minimum absolute atomic E-state index is 0.0452. The van der Waals surface area contributed by atoms with E-state index in [0.717, 1.165) is 39.0 Å². The summed E-state index contributed by atoms with van der Waals surface area (Å²) in [5.41, 5.74) is 17.2. The predicted octanol–water partition coefficient (Wildman–Crippen LogP) is 14.1. The summed E-state index contributed by atoms with van der Waals surface area (Å²) in [4.78, 5) is 2.39. The highest BCUT2D eigenvalue weighted by atomic mass is 16.3. The van der Waals surface area contributed by atoms with Crippen LogP contribution in [0.1, 0.15) is 76.3 Å². The average Bonchev–Trinajstić information content (AvgIpc) is 3.72. The summed E-state index contributed by atoms with van der Waals surface area (Å²) in [6.45, 7) is 16.5. The van der Waals surface area contributed by atoms with Crippen molar-refractivity contribution in [2.45, 2.75) is 64.7 Å². The van der Waals surface area contributed by atoms with Gasteiger partial charge in [0.05, 0.1) is 5.69 Å². The van der Waals surface area contributed by atoms with Gasteiger partial charge in [-0.3, -0.25) is 0 Å². The molecule has 52 heavy (non-hydrogen) atoms. The summed E-state index contributed by atoms with van der Waals surface area (Å²) in [5, 5.41) is 4.94. The lowest BCUT2D eigenvalue weighted by atomic mass is 9.72. The zero-order chi connectivity index (χ0) is 35.7. The summed E-state index contributed by atoms with van der Waals surface area (Å²) >= 11 is 0.